The highest BCUT2D eigenvalue weighted by Crippen LogP contribution is 2.40. The summed E-state index contributed by atoms with van der Waals surface area (Å²) in [5.74, 6) is -1.92. The molecule has 126 valence electrons. The number of halogens is 3. The van der Waals surface area contributed by atoms with Gasteiger partial charge in [-0.05, 0) is 52.9 Å². The highest BCUT2D eigenvalue weighted by molar-refractivity contribution is 9.10. The summed E-state index contributed by atoms with van der Waals surface area (Å²) >= 11 is 3.08. The van der Waals surface area contributed by atoms with Gasteiger partial charge in [0, 0.05) is 6.04 Å². The van der Waals surface area contributed by atoms with Crippen LogP contribution in [0.2, 0.25) is 0 Å². The van der Waals surface area contributed by atoms with E-state index in [0.29, 0.717) is 24.1 Å². The summed E-state index contributed by atoms with van der Waals surface area (Å²) in [6, 6.07) is 10.3. The Hall–Kier alpha value is -1.95. The van der Waals surface area contributed by atoms with Gasteiger partial charge in [-0.25, -0.2) is 13.6 Å². The van der Waals surface area contributed by atoms with E-state index in [1.54, 1.807) is 0 Å². The van der Waals surface area contributed by atoms with E-state index in [1.807, 2.05) is 37.3 Å². The Morgan fingerprint density at radius 3 is 2.75 bits per heavy atom. The van der Waals surface area contributed by atoms with Crippen LogP contribution in [0.3, 0.4) is 0 Å². The lowest BCUT2D eigenvalue weighted by Crippen LogP contribution is -2.42. The van der Waals surface area contributed by atoms with E-state index < -0.39 is 17.7 Å². The van der Waals surface area contributed by atoms with Gasteiger partial charge in [0.25, 0.3) is 0 Å². The minimum atomic E-state index is -0.997. The number of carbonyl (C=O) groups excluding carboxylic acids is 1. The van der Waals surface area contributed by atoms with Crippen molar-refractivity contribution in [2.45, 2.75) is 32.4 Å². The van der Waals surface area contributed by atoms with Crippen LogP contribution in [0.15, 0.2) is 40.9 Å². The molecule has 0 saturated carbocycles. The average molecular weight is 396 g/mol. The first-order valence-electron chi connectivity index (χ1n) is 7.65. The Balaban J connectivity index is 1.88. The van der Waals surface area contributed by atoms with E-state index in [9.17, 15) is 13.6 Å². The van der Waals surface area contributed by atoms with Crippen molar-refractivity contribution in [1.82, 2.24) is 0 Å². The minimum Gasteiger partial charge on any atom is -0.444 e. The van der Waals surface area contributed by atoms with Gasteiger partial charge in [-0.2, -0.15) is 0 Å². The number of nitrogens with zero attached hydrogens (tertiary/aromatic N) is 1. The molecule has 1 amide bonds. The number of hydrogen-bond acceptors (Lipinski definition) is 2. The van der Waals surface area contributed by atoms with Crippen LogP contribution in [0.5, 0.6) is 0 Å². The van der Waals surface area contributed by atoms with E-state index in [2.05, 4.69) is 15.9 Å². The van der Waals surface area contributed by atoms with E-state index in [0.717, 1.165) is 11.6 Å². The standard InChI is InChI=1S/C18H16BrF2NO2/c1-11-7-8-13-9-14(20)16(21)15(19)17(13)22(11)18(23)24-10-12-5-3-2-4-6-12/h2-6,9,11H,7-8,10H2,1H3. The molecule has 1 unspecified atom stereocenters. The Bertz CT molecular complexity index is 767. The van der Waals surface area contributed by atoms with Crippen LogP contribution in [0, 0.1) is 11.6 Å². The molecule has 3 rings (SSSR count). The quantitative estimate of drug-likeness (QED) is 0.653. The molecule has 2 aromatic carbocycles. The molecular formula is C18H16BrF2NO2. The first kappa shape index (κ1) is 16.9. The third kappa shape index (κ3) is 3.15. The number of ether oxygens (including phenoxy) is 1. The van der Waals surface area contributed by atoms with Gasteiger partial charge in [-0.3, -0.25) is 4.90 Å². The zero-order valence-corrected chi connectivity index (χ0v) is 14.6. The lowest BCUT2D eigenvalue weighted by atomic mass is 9.97. The predicted molar refractivity (Wildman–Crippen MR) is 90.9 cm³/mol. The molecule has 0 radical (unpaired) electrons. The first-order valence-corrected chi connectivity index (χ1v) is 8.44. The summed E-state index contributed by atoms with van der Waals surface area (Å²) in [7, 11) is 0. The topological polar surface area (TPSA) is 29.5 Å². The molecule has 0 bridgehead atoms. The van der Waals surface area contributed by atoms with Crippen LogP contribution in [0.4, 0.5) is 19.3 Å². The van der Waals surface area contributed by atoms with Gasteiger partial charge in [-0.15, -0.1) is 0 Å². The van der Waals surface area contributed by atoms with Crippen LogP contribution in [-0.2, 0) is 17.8 Å². The molecule has 0 aliphatic carbocycles. The molecule has 0 spiro atoms. The Labute approximate surface area is 147 Å². The fourth-order valence-corrected chi connectivity index (χ4v) is 3.49. The van der Waals surface area contributed by atoms with Gasteiger partial charge in [0.2, 0.25) is 0 Å². The second-order valence-electron chi connectivity index (χ2n) is 5.79. The summed E-state index contributed by atoms with van der Waals surface area (Å²) in [6.45, 7) is 1.99. The van der Waals surface area contributed by atoms with Crippen molar-refractivity contribution >= 4 is 27.7 Å². The molecule has 0 fully saturated rings. The van der Waals surface area contributed by atoms with Crippen molar-refractivity contribution in [1.29, 1.82) is 0 Å². The fraction of sp³-hybridized carbons (Fsp3) is 0.278. The van der Waals surface area contributed by atoms with Crippen molar-refractivity contribution in [2.75, 3.05) is 4.90 Å². The monoisotopic (exact) mass is 395 g/mol. The van der Waals surface area contributed by atoms with Crippen LogP contribution < -0.4 is 4.90 Å². The van der Waals surface area contributed by atoms with Gasteiger partial charge in [-0.1, -0.05) is 30.3 Å². The molecule has 0 N–H and O–H groups in total. The summed E-state index contributed by atoms with van der Waals surface area (Å²) < 4.78 is 32.9. The molecule has 0 saturated heterocycles. The molecule has 0 aromatic heterocycles. The summed E-state index contributed by atoms with van der Waals surface area (Å²) in [4.78, 5) is 14.0. The third-order valence-electron chi connectivity index (χ3n) is 4.13. The molecule has 2 aromatic rings. The van der Waals surface area contributed by atoms with Crippen LogP contribution in [0.1, 0.15) is 24.5 Å². The van der Waals surface area contributed by atoms with Crippen LogP contribution in [-0.4, -0.2) is 12.1 Å². The van der Waals surface area contributed by atoms with Crippen LogP contribution in [0.25, 0.3) is 0 Å². The molecule has 24 heavy (non-hydrogen) atoms. The molecule has 1 aliphatic heterocycles. The van der Waals surface area contributed by atoms with E-state index in [1.165, 1.54) is 4.90 Å². The molecular weight excluding hydrogens is 380 g/mol. The largest absolute Gasteiger partial charge is 0.444 e. The zero-order valence-electron chi connectivity index (χ0n) is 13.1. The zero-order chi connectivity index (χ0) is 17.3. The number of amides is 1. The predicted octanol–water partition coefficient (Wildman–Crippen LogP) is 5.21. The maximum Gasteiger partial charge on any atom is 0.414 e. The lowest BCUT2D eigenvalue weighted by molar-refractivity contribution is 0.144. The Morgan fingerprint density at radius 1 is 1.33 bits per heavy atom. The van der Waals surface area contributed by atoms with Crippen molar-refractivity contribution in [3.05, 3.63) is 63.6 Å². The van der Waals surface area contributed by atoms with E-state index >= 15 is 0 Å². The lowest BCUT2D eigenvalue weighted by Gasteiger charge is -2.35. The van der Waals surface area contributed by atoms with E-state index in [4.69, 9.17) is 4.74 Å². The maximum absolute atomic E-state index is 13.9. The summed E-state index contributed by atoms with van der Waals surface area (Å²) in [5.41, 5.74) is 1.81. The number of anilines is 1. The van der Waals surface area contributed by atoms with Crippen molar-refractivity contribution in [3.8, 4) is 0 Å². The minimum absolute atomic E-state index is 0.0410. The normalized spacial score (nSPS) is 16.7. The summed E-state index contributed by atoms with van der Waals surface area (Å²) in [5, 5.41) is 0. The molecule has 1 aliphatic rings. The Morgan fingerprint density at radius 2 is 2.04 bits per heavy atom. The second kappa shape index (κ2) is 6.89. The number of hydrogen-bond donors (Lipinski definition) is 0. The highest BCUT2D eigenvalue weighted by Gasteiger charge is 2.33. The van der Waals surface area contributed by atoms with Gasteiger partial charge in [0.05, 0.1) is 10.2 Å². The number of rotatable bonds is 2. The fourth-order valence-electron chi connectivity index (χ4n) is 2.86. The van der Waals surface area contributed by atoms with Gasteiger partial charge in [0.1, 0.15) is 6.61 Å². The summed E-state index contributed by atoms with van der Waals surface area (Å²) in [6.07, 6.45) is 0.665. The van der Waals surface area contributed by atoms with Crippen LogP contribution >= 0.6 is 15.9 Å². The Kier molecular flexibility index (Phi) is 4.85. The SMILES string of the molecule is CC1CCc2cc(F)c(F)c(Br)c2N1C(=O)OCc1ccccc1. The smallest absolute Gasteiger partial charge is 0.414 e. The molecule has 6 heteroatoms. The van der Waals surface area contributed by atoms with Crippen molar-refractivity contribution in [3.63, 3.8) is 0 Å². The van der Waals surface area contributed by atoms with Gasteiger partial charge >= 0.3 is 6.09 Å². The number of carbonyl (C=O) groups is 1. The number of aryl methyl sites for hydroxylation is 1. The molecule has 3 nitrogen and oxygen atoms in total. The highest BCUT2D eigenvalue weighted by atomic mass is 79.9. The first-order chi connectivity index (χ1) is 11.5. The van der Waals surface area contributed by atoms with Crippen molar-refractivity contribution < 1.29 is 18.3 Å². The van der Waals surface area contributed by atoms with E-state index in [-0.39, 0.29) is 17.1 Å². The van der Waals surface area contributed by atoms with Crippen molar-refractivity contribution in [2.24, 2.45) is 0 Å². The molecule has 1 atom stereocenters. The number of fused-ring (bicyclic) bond motifs is 1. The second-order valence-corrected chi connectivity index (χ2v) is 6.58. The molecule has 1 heterocycles. The average Bonchev–Trinajstić information content (AvgIpc) is 2.59. The van der Waals surface area contributed by atoms with Gasteiger partial charge < -0.3 is 4.74 Å². The van der Waals surface area contributed by atoms with Gasteiger partial charge in [0.15, 0.2) is 11.6 Å². The third-order valence-corrected chi connectivity index (χ3v) is 4.85. The number of benzene rings is 2. The maximum atomic E-state index is 13.9.